The molecule has 0 amide bonds. The maximum atomic E-state index is 13.3. The van der Waals surface area contributed by atoms with Gasteiger partial charge in [0.05, 0.1) is 20.1 Å². The predicted molar refractivity (Wildman–Crippen MR) is 104 cm³/mol. The normalized spacial score (nSPS) is 26.6. The summed E-state index contributed by atoms with van der Waals surface area (Å²) in [4.78, 5) is 13.3. The number of nitrogens with zero attached hydrogens (tertiary/aromatic N) is 1. The molecule has 2 bridgehead atoms. The number of fused-ring (bicyclic) bond motifs is 2. The highest BCUT2D eigenvalue weighted by atomic mass is 16.6. The SMILES string of the molecule is C[N+]1(C)C2CCCC1[C@@H](OC(=O)C(O)(c1ccccc1)c1ccccc1)C2. The fourth-order valence-electron chi connectivity index (χ4n) is 5.04. The number of esters is 1. The third-order valence-corrected chi connectivity index (χ3v) is 6.70. The lowest BCUT2D eigenvalue weighted by atomic mass is 9.86. The van der Waals surface area contributed by atoms with E-state index in [2.05, 4.69) is 14.1 Å². The molecule has 2 aromatic rings. The number of hydrogen-bond donors (Lipinski definition) is 1. The first-order chi connectivity index (χ1) is 12.9. The molecule has 142 valence electrons. The van der Waals surface area contributed by atoms with Crippen LogP contribution in [-0.4, -0.2) is 47.8 Å². The van der Waals surface area contributed by atoms with Crippen LogP contribution in [0.15, 0.2) is 60.7 Å². The standard InChI is InChI=1S/C23H28NO3/c1-24(2)19-14-9-15-20(24)21(16-19)27-22(25)23(26,17-10-5-3-6-11-17)18-12-7-4-8-13-18/h3-8,10-13,19-21,26H,9,14-16H2,1-2H3/q+1/t19?,20?,21-/m0/s1. The number of carbonyl (C=O) groups is 1. The van der Waals surface area contributed by atoms with Gasteiger partial charge in [0.2, 0.25) is 5.60 Å². The van der Waals surface area contributed by atoms with Crippen molar-refractivity contribution in [1.29, 1.82) is 0 Å². The Morgan fingerprint density at radius 3 is 2.07 bits per heavy atom. The number of aliphatic hydroxyl groups is 1. The molecule has 3 atom stereocenters. The molecule has 0 saturated carbocycles. The number of hydrogen-bond acceptors (Lipinski definition) is 3. The van der Waals surface area contributed by atoms with E-state index in [1.54, 1.807) is 24.3 Å². The Morgan fingerprint density at radius 1 is 1.00 bits per heavy atom. The van der Waals surface area contributed by atoms with E-state index in [0.717, 1.165) is 17.3 Å². The largest absolute Gasteiger partial charge is 0.453 e. The van der Waals surface area contributed by atoms with Crippen molar-refractivity contribution in [2.24, 2.45) is 0 Å². The van der Waals surface area contributed by atoms with Gasteiger partial charge in [-0.2, -0.15) is 0 Å². The topological polar surface area (TPSA) is 46.5 Å². The second-order valence-electron chi connectivity index (χ2n) is 8.40. The van der Waals surface area contributed by atoms with Crippen molar-refractivity contribution in [2.75, 3.05) is 14.1 Å². The first-order valence-electron chi connectivity index (χ1n) is 9.82. The average Bonchev–Trinajstić information content (AvgIpc) is 2.83. The third kappa shape index (κ3) is 2.97. The average molecular weight is 366 g/mol. The summed E-state index contributed by atoms with van der Waals surface area (Å²) in [6, 6.07) is 19.0. The van der Waals surface area contributed by atoms with E-state index >= 15 is 0 Å². The summed E-state index contributed by atoms with van der Waals surface area (Å²) >= 11 is 0. The Kier molecular flexibility index (Phi) is 4.57. The van der Waals surface area contributed by atoms with Crippen LogP contribution in [0, 0.1) is 0 Å². The van der Waals surface area contributed by atoms with Crippen molar-refractivity contribution < 1.29 is 19.1 Å². The highest BCUT2D eigenvalue weighted by Crippen LogP contribution is 2.42. The van der Waals surface area contributed by atoms with Crippen LogP contribution in [0.3, 0.4) is 0 Å². The lowest BCUT2D eigenvalue weighted by Gasteiger charge is -2.41. The summed E-state index contributed by atoms with van der Waals surface area (Å²) in [5.74, 6) is -0.572. The van der Waals surface area contributed by atoms with Gasteiger partial charge in [-0.3, -0.25) is 0 Å². The maximum Gasteiger partial charge on any atom is 0.348 e. The first-order valence-corrected chi connectivity index (χ1v) is 9.82. The molecule has 4 nitrogen and oxygen atoms in total. The van der Waals surface area contributed by atoms with Crippen molar-refractivity contribution in [1.82, 2.24) is 0 Å². The van der Waals surface area contributed by atoms with Gasteiger partial charge in [-0.1, -0.05) is 60.7 Å². The Hall–Kier alpha value is -2.17. The number of benzene rings is 2. The zero-order chi connectivity index (χ0) is 19.1. The maximum absolute atomic E-state index is 13.3. The minimum absolute atomic E-state index is 0.140. The highest BCUT2D eigenvalue weighted by molar-refractivity contribution is 5.85. The summed E-state index contributed by atoms with van der Waals surface area (Å²) in [5.41, 5.74) is -0.720. The van der Waals surface area contributed by atoms with Gasteiger partial charge in [0.25, 0.3) is 0 Å². The monoisotopic (exact) mass is 366 g/mol. The van der Waals surface area contributed by atoms with Crippen molar-refractivity contribution in [3.05, 3.63) is 71.8 Å². The molecule has 2 unspecified atom stereocenters. The van der Waals surface area contributed by atoms with Crippen LogP contribution in [0.1, 0.15) is 36.8 Å². The number of piperidine rings is 1. The quantitative estimate of drug-likeness (QED) is 0.667. The molecule has 2 aromatic carbocycles. The molecule has 0 aliphatic carbocycles. The zero-order valence-electron chi connectivity index (χ0n) is 16.0. The zero-order valence-corrected chi connectivity index (χ0v) is 16.0. The van der Waals surface area contributed by atoms with Crippen LogP contribution in [0.25, 0.3) is 0 Å². The van der Waals surface area contributed by atoms with E-state index in [1.165, 1.54) is 12.8 Å². The summed E-state index contributed by atoms with van der Waals surface area (Å²) in [7, 11) is 4.48. The second-order valence-corrected chi connectivity index (χ2v) is 8.40. The van der Waals surface area contributed by atoms with Gasteiger partial charge < -0.3 is 14.3 Å². The van der Waals surface area contributed by atoms with Gasteiger partial charge in [0, 0.05) is 12.8 Å². The van der Waals surface area contributed by atoms with E-state index in [4.69, 9.17) is 4.74 Å². The lowest BCUT2D eigenvalue weighted by Crippen LogP contribution is -2.55. The molecular weight excluding hydrogens is 338 g/mol. The summed E-state index contributed by atoms with van der Waals surface area (Å²) < 4.78 is 6.94. The smallest absolute Gasteiger partial charge is 0.348 e. The second kappa shape index (κ2) is 6.77. The third-order valence-electron chi connectivity index (χ3n) is 6.70. The van der Waals surface area contributed by atoms with E-state index < -0.39 is 11.6 Å². The molecule has 2 saturated heterocycles. The van der Waals surface area contributed by atoms with Crippen LogP contribution in [0.5, 0.6) is 0 Å². The Labute approximate surface area is 161 Å². The van der Waals surface area contributed by atoms with Crippen LogP contribution >= 0.6 is 0 Å². The van der Waals surface area contributed by atoms with Gasteiger partial charge in [-0.05, 0) is 24.0 Å². The van der Waals surface area contributed by atoms with Gasteiger partial charge in [-0.15, -0.1) is 0 Å². The Morgan fingerprint density at radius 2 is 1.56 bits per heavy atom. The molecule has 2 aliphatic rings. The van der Waals surface area contributed by atoms with Gasteiger partial charge in [0.1, 0.15) is 6.04 Å². The van der Waals surface area contributed by atoms with Crippen LogP contribution in [-0.2, 0) is 15.1 Å². The van der Waals surface area contributed by atoms with E-state index in [1.807, 2.05) is 36.4 Å². The van der Waals surface area contributed by atoms with Crippen LogP contribution in [0.4, 0.5) is 0 Å². The molecule has 0 radical (unpaired) electrons. The van der Waals surface area contributed by atoms with Crippen LogP contribution in [0.2, 0.25) is 0 Å². The van der Waals surface area contributed by atoms with E-state index in [-0.39, 0.29) is 6.10 Å². The van der Waals surface area contributed by atoms with E-state index in [9.17, 15) is 9.90 Å². The predicted octanol–water partition coefficient (Wildman–Crippen LogP) is 3.24. The summed E-state index contributed by atoms with van der Waals surface area (Å²) in [5, 5.41) is 11.6. The molecular formula is C23H28NO3+. The van der Waals surface area contributed by atoms with Gasteiger partial charge in [0.15, 0.2) is 6.10 Å². The van der Waals surface area contributed by atoms with Crippen molar-refractivity contribution >= 4 is 5.97 Å². The van der Waals surface area contributed by atoms with Gasteiger partial charge >= 0.3 is 5.97 Å². The summed E-state index contributed by atoms with van der Waals surface area (Å²) in [6.45, 7) is 0. The molecule has 27 heavy (non-hydrogen) atoms. The minimum atomic E-state index is -1.80. The molecule has 4 heteroatoms. The number of ether oxygens (including phenoxy) is 1. The molecule has 2 fully saturated rings. The minimum Gasteiger partial charge on any atom is -0.453 e. The van der Waals surface area contributed by atoms with E-state index in [0.29, 0.717) is 23.2 Å². The lowest BCUT2D eigenvalue weighted by molar-refractivity contribution is -0.931. The number of carbonyl (C=O) groups excluding carboxylic acids is 1. The molecule has 2 heterocycles. The van der Waals surface area contributed by atoms with Crippen LogP contribution < -0.4 is 0 Å². The Bertz CT molecular complexity index is 763. The number of likely N-dealkylation sites (N-methyl/N-ethyl adjacent to an activating group) is 1. The first kappa shape index (κ1) is 18.2. The Balaban J connectivity index is 1.67. The molecule has 2 aliphatic heterocycles. The molecule has 4 rings (SSSR count). The molecule has 0 spiro atoms. The molecule has 0 aromatic heterocycles. The highest BCUT2D eigenvalue weighted by Gasteiger charge is 2.55. The summed E-state index contributed by atoms with van der Waals surface area (Å²) in [6.07, 6.45) is 4.17. The van der Waals surface area contributed by atoms with Crippen molar-refractivity contribution in [2.45, 2.75) is 49.5 Å². The fourth-order valence-corrected chi connectivity index (χ4v) is 5.04. The number of quaternary nitrogens is 1. The van der Waals surface area contributed by atoms with Crippen molar-refractivity contribution in [3.63, 3.8) is 0 Å². The van der Waals surface area contributed by atoms with Gasteiger partial charge in [-0.25, -0.2) is 4.79 Å². The molecule has 1 N–H and O–H groups in total. The number of rotatable bonds is 4. The van der Waals surface area contributed by atoms with Crippen molar-refractivity contribution in [3.8, 4) is 0 Å². The fraction of sp³-hybridized carbons (Fsp3) is 0.435.